The summed E-state index contributed by atoms with van der Waals surface area (Å²) in [5, 5.41) is 10.6. The van der Waals surface area contributed by atoms with Crippen molar-refractivity contribution in [3.8, 4) is 5.75 Å². The predicted octanol–water partition coefficient (Wildman–Crippen LogP) is 2.00. The Bertz CT molecular complexity index is 757. The Balaban J connectivity index is 1.78. The second-order valence-electron chi connectivity index (χ2n) is 5.15. The number of carbonyl (C=O) groups excluding carboxylic acids is 2. The van der Waals surface area contributed by atoms with Crippen molar-refractivity contribution in [1.29, 1.82) is 0 Å². The number of methoxy groups -OCH3 is 1. The maximum atomic E-state index is 11.9. The van der Waals surface area contributed by atoms with Crippen molar-refractivity contribution in [3.63, 3.8) is 0 Å². The van der Waals surface area contributed by atoms with Gasteiger partial charge in [0.05, 0.1) is 12.0 Å². The number of amides is 2. The maximum Gasteiger partial charge on any atom is 0.269 e. The van der Waals surface area contributed by atoms with Crippen LogP contribution in [-0.2, 0) is 11.2 Å². The average molecular weight is 343 g/mol. The summed E-state index contributed by atoms with van der Waals surface area (Å²) in [7, 11) is 1.58. The summed E-state index contributed by atoms with van der Waals surface area (Å²) in [6.45, 7) is 0. The first-order valence-electron chi connectivity index (χ1n) is 7.46. The highest BCUT2D eigenvalue weighted by atomic mass is 16.6. The Kier molecular flexibility index (Phi) is 6.05. The smallest absolute Gasteiger partial charge is 0.269 e. The van der Waals surface area contributed by atoms with Crippen LogP contribution in [0.5, 0.6) is 5.75 Å². The van der Waals surface area contributed by atoms with Crippen LogP contribution in [0.4, 0.5) is 5.69 Å². The number of hydrogen-bond donors (Lipinski definition) is 2. The van der Waals surface area contributed by atoms with Crippen LogP contribution < -0.4 is 15.6 Å². The number of non-ortho nitro benzene ring substituents is 1. The van der Waals surface area contributed by atoms with Crippen LogP contribution in [0.15, 0.2) is 48.5 Å². The fourth-order valence-corrected chi connectivity index (χ4v) is 2.05. The molecule has 0 aromatic heterocycles. The molecule has 0 aliphatic heterocycles. The normalized spacial score (nSPS) is 9.96. The lowest BCUT2D eigenvalue weighted by Gasteiger charge is -2.08. The molecule has 0 atom stereocenters. The summed E-state index contributed by atoms with van der Waals surface area (Å²) in [6.07, 6.45) is 0.718. The molecule has 0 saturated carbocycles. The molecule has 0 aliphatic carbocycles. The number of hydrogen-bond acceptors (Lipinski definition) is 5. The number of nitro benzene ring substituents is 1. The molecule has 25 heavy (non-hydrogen) atoms. The van der Waals surface area contributed by atoms with E-state index in [1.807, 2.05) is 24.3 Å². The SMILES string of the molecule is COc1ccc(CCC(=O)NNC(=O)c2ccc([N+](=O)[O-])cc2)cc1. The zero-order valence-electron chi connectivity index (χ0n) is 13.5. The lowest BCUT2D eigenvalue weighted by molar-refractivity contribution is -0.384. The molecule has 0 saturated heterocycles. The number of nitrogens with one attached hydrogen (secondary N) is 2. The summed E-state index contributed by atoms with van der Waals surface area (Å²) < 4.78 is 5.06. The molecule has 0 unspecified atom stereocenters. The number of nitro groups is 1. The van der Waals surface area contributed by atoms with E-state index in [2.05, 4.69) is 10.9 Å². The molecule has 8 nitrogen and oxygen atoms in total. The fraction of sp³-hybridized carbons (Fsp3) is 0.176. The number of carbonyl (C=O) groups is 2. The quantitative estimate of drug-likeness (QED) is 0.615. The Morgan fingerprint density at radius 2 is 1.68 bits per heavy atom. The van der Waals surface area contributed by atoms with Gasteiger partial charge in [0.1, 0.15) is 5.75 Å². The van der Waals surface area contributed by atoms with Gasteiger partial charge in [0, 0.05) is 24.1 Å². The minimum atomic E-state index is -0.553. The molecule has 2 N–H and O–H groups in total. The van der Waals surface area contributed by atoms with E-state index in [0.29, 0.717) is 6.42 Å². The topological polar surface area (TPSA) is 111 Å². The number of benzene rings is 2. The van der Waals surface area contributed by atoms with Crippen molar-refractivity contribution in [2.75, 3.05) is 7.11 Å². The minimum Gasteiger partial charge on any atom is -0.497 e. The van der Waals surface area contributed by atoms with Crippen LogP contribution in [0, 0.1) is 10.1 Å². The summed E-state index contributed by atoms with van der Waals surface area (Å²) in [4.78, 5) is 33.7. The average Bonchev–Trinajstić information content (AvgIpc) is 2.64. The van der Waals surface area contributed by atoms with Crippen molar-refractivity contribution < 1.29 is 19.2 Å². The molecule has 0 fully saturated rings. The predicted molar refractivity (Wildman–Crippen MR) is 90.0 cm³/mol. The highest BCUT2D eigenvalue weighted by molar-refractivity contribution is 5.95. The number of rotatable bonds is 6. The molecular formula is C17H17N3O5. The van der Waals surface area contributed by atoms with E-state index in [4.69, 9.17) is 4.74 Å². The van der Waals surface area contributed by atoms with Gasteiger partial charge in [-0.3, -0.25) is 30.6 Å². The van der Waals surface area contributed by atoms with Gasteiger partial charge in [0.25, 0.3) is 11.6 Å². The Labute approximate surface area is 143 Å². The zero-order chi connectivity index (χ0) is 18.2. The van der Waals surface area contributed by atoms with Crippen LogP contribution in [0.25, 0.3) is 0 Å². The highest BCUT2D eigenvalue weighted by Crippen LogP contribution is 2.13. The first kappa shape index (κ1) is 17.9. The summed E-state index contributed by atoms with van der Waals surface area (Å²) in [6, 6.07) is 12.4. The highest BCUT2D eigenvalue weighted by Gasteiger charge is 2.10. The van der Waals surface area contributed by atoms with Gasteiger partial charge in [-0.1, -0.05) is 12.1 Å². The Morgan fingerprint density at radius 3 is 2.24 bits per heavy atom. The van der Waals surface area contributed by atoms with Crippen molar-refractivity contribution in [2.45, 2.75) is 12.8 Å². The van der Waals surface area contributed by atoms with E-state index in [0.717, 1.165) is 11.3 Å². The third kappa shape index (κ3) is 5.31. The molecule has 0 heterocycles. The van der Waals surface area contributed by atoms with Crippen LogP contribution in [0.2, 0.25) is 0 Å². The number of nitrogens with zero attached hydrogens (tertiary/aromatic N) is 1. The first-order chi connectivity index (χ1) is 12.0. The van der Waals surface area contributed by atoms with Gasteiger partial charge in [-0.15, -0.1) is 0 Å². The molecule has 0 radical (unpaired) electrons. The van der Waals surface area contributed by atoms with E-state index in [9.17, 15) is 19.7 Å². The fourth-order valence-electron chi connectivity index (χ4n) is 2.05. The summed E-state index contributed by atoms with van der Waals surface area (Å²) >= 11 is 0. The Morgan fingerprint density at radius 1 is 1.04 bits per heavy atom. The monoisotopic (exact) mass is 343 g/mol. The van der Waals surface area contributed by atoms with Crippen LogP contribution in [-0.4, -0.2) is 23.8 Å². The minimum absolute atomic E-state index is 0.111. The van der Waals surface area contributed by atoms with E-state index in [-0.39, 0.29) is 23.6 Å². The van der Waals surface area contributed by atoms with E-state index >= 15 is 0 Å². The first-order valence-corrected chi connectivity index (χ1v) is 7.46. The second-order valence-corrected chi connectivity index (χ2v) is 5.15. The lowest BCUT2D eigenvalue weighted by atomic mass is 10.1. The largest absolute Gasteiger partial charge is 0.497 e. The van der Waals surface area contributed by atoms with Gasteiger partial charge in [0.2, 0.25) is 5.91 Å². The van der Waals surface area contributed by atoms with Gasteiger partial charge in [-0.2, -0.15) is 0 Å². The molecular weight excluding hydrogens is 326 g/mol. The molecule has 2 rings (SSSR count). The second kappa shape index (κ2) is 8.44. The van der Waals surface area contributed by atoms with E-state index in [1.165, 1.54) is 24.3 Å². The molecule has 2 aromatic carbocycles. The lowest BCUT2D eigenvalue weighted by Crippen LogP contribution is -2.41. The van der Waals surface area contributed by atoms with E-state index in [1.54, 1.807) is 7.11 Å². The van der Waals surface area contributed by atoms with Gasteiger partial charge < -0.3 is 4.74 Å². The van der Waals surface area contributed by atoms with Gasteiger partial charge in [-0.05, 0) is 36.2 Å². The van der Waals surface area contributed by atoms with E-state index < -0.39 is 10.8 Å². The van der Waals surface area contributed by atoms with Crippen LogP contribution >= 0.6 is 0 Å². The third-order valence-electron chi connectivity index (χ3n) is 3.46. The molecule has 0 bridgehead atoms. The van der Waals surface area contributed by atoms with Crippen LogP contribution in [0.3, 0.4) is 0 Å². The zero-order valence-corrected chi connectivity index (χ0v) is 13.5. The number of aryl methyl sites for hydroxylation is 1. The molecule has 2 aromatic rings. The standard InChI is InChI=1S/C17H17N3O5/c1-25-15-9-2-12(3-10-15)4-11-16(21)18-19-17(22)13-5-7-14(8-6-13)20(23)24/h2-3,5-10H,4,11H2,1H3,(H,18,21)(H,19,22). The Hall–Kier alpha value is -3.42. The molecule has 0 spiro atoms. The molecule has 2 amide bonds. The van der Waals surface area contributed by atoms with Crippen molar-refractivity contribution in [2.24, 2.45) is 0 Å². The number of ether oxygens (including phenoxy) is 1. The molecule has 0 aliphatic rings. The van der Waals surface area contributed by atoms with Crippen LogP contribution in [0.1, 0.15) is 22.3 Å². The van der Waals surface area contributed by atoms with Crippen molar-refractivity contribution in [3.05, 3.63) is 69.8 Å². The van der Waals surface area contributed by atoms with Crippen molar-refractivity contribution >= 4 is 17.5 Å². The van der Waals surface area contributed by atoms with Gasteiger partial charge in [-0.25, -0.2) is 0 Å². The van der Waals surface area contributed by atoms with Gasteiger partial charge in [0.15, 0.2) is 0 Å². The summed E-state index contributed by atoms with van der Waals surface area (Å²) in [5.41, 5.74) is 5.66. The van der Waals surface area contributed by atoms with Gasteiger partial charge >= 0.3 is 0 Å². The van der Waals surface area contributed by atoms with Crippen molar-refractivity contribution in [1.82, 2.24) is 10.9 Å². The molecule has 130 valence electrons. The number of hydrazine groups is 1. The summed E-state index contributed by atoms with van der Waals surface area (Å²) in [5.74, 6) is -0.151. The maximum absolute atomic E-state index is 11.9. The third-order valence-corrected chi connectivity index (χ3v) is 3.46. The molecule has 8 heteroatoms.